The van der Waals surface area contributed by atoms with Gasteiger partial charge in [0, 0.05) is 26.2 Å². The zero-order valence-electron chi connectivity index (χ0n) is 18.3. The van der Waals surface area contributed by atoms with Crippen molar-refractivity contribution in [2.75, 3.05) is 13.1 Å². The van der Waals surface area contributed by atoms with Gasteiger partial charge in [0.2, 0.25) is 11.8 Å². The first-order chi connectivity index (χ1) is 15.1. The maximum atomic E-state index is 13.7. The average molecular weight is 415 g/mol. The largest absolute Gasteiger partial charge is 0.338 e. The molecule has 0 N–H and O–H groups in total. The summed E-state index contributed by atoms with van der Waals surface area (Å²) in [6.07, 6.45) is 0. The van der Waals surface area contributed by atoms with Crippen LogP contribution in [0.3, 0.4) is 0 Å². The van der Waals surface area contributed by atoms with Gasteiger partial charge in [-0.15, -0.1) is 0 Å². The number of hydrogen-bond donors (Lipinski definition) is 0. The highest BCUT2D eigenvalue weighted by atomic mass is 16.2. The monoisotopic (exact) mass is 414 g/mol. The van der Waals surface area contributed by atoms with Crippen LogP contribution >= 0.6 is 0 Å². The predicted octanol–water partition coefficient (Wildman–Crippen LogP) is 4.87. The third kappa shape index (κ3) is 5.82. The highest BCUT2D eigenvalue weighted by molar-refractivity contribution is 6.05. The maximum absolute atomic E-state index is 13.7. The Balaban J connectivity index is 1.89. The first kappa shape index (κ1) is 22.3. The average Bonchev–Trinajstić information content (AvgIpc) is 2.83. The predicted molar refractivity (Wildman–Crippen MR) is 124 cm³/mol. The standard InChI is InChI=1S/C27H30N2O2/c1-3-28(20-22-14-8-5-9-15-22)26(30)25(24-18-12-7-13-19-24)27(31)29(4-2)21-23-16-10-6-11-17-23/h5-19,25H,3-4,20-21H2,1-2H3. The number of likely N-dealkylation sites (N-methyl/N-ethyl adjacent to an activating group) is 2. The molecule has 0 atom stereocenters. The lowest BCUT2D eigenvalue weighted by atomic mass is 9.95. The molecular formula is C27H30N2O2. The molecule has 0 aromatic heterocycles. The van der Waals surface area contributed by atoms with Crippen molar-refractivity contribution in [1.82, 2.24) is 9.80 Å². The van der Waals surface area contributed by atoms with E-state index in [0.717, 1.165) is 16.7 Å². The Labute approximate surface area is 185 Å². The fourth-order valence-corrected chi connectivity index (χ4v) is 3.70. The van der Waals surface area contributed by atoms with Crippen LogP contribution < -0.4 is 0 Å². The Morgan fingerprint density at radius 2 is 0.968 bits per heavy atom. The summed E-state index contributed by atoms with van der Waals surface area (Å²) in [5.74, 6) is -1.17. The highest BCUT2D eigenvalue weighted by Crippen LogP contribution is 2.24. The molecule has 0 aliphatic heterocycles. The summed E-state index contributed by atoms with van der Waals surface area (Å²) in [5.41, 5.74) is 2.83. The molecule has 0 bridgehead atoms. The van der Waals surface area contributed by atoms with E-state index in [9.17, 15) is 9.59 Å². The van der Waals surface area contributed by atoms with E-state index < -0.39 is 5.92 Å². The molecule has 0 fully saturated rings. The molecule has 0 unspecified atom stereocenters. The summed E-state index contributed by atoms with van der Waals surface area (Å²) in [6.45, 7) is 5.95. The smallest absolute Gasteiger partial charge is 0.239 e. The SMILES string of the molecule is CCN(Cc1ccccc1)C(=O)C(C(=O)N(CC)Cc1ccccc1)c1ccccc1. The van der Waals surface area contributed by atoms with Crippen molar-refractivity contribution in [3.63, 3.8) is 0 Å². The zero-order valence-corrected chi connectivity index (χ0v) is 18.3. The lowest BCUT2D eigenvalue weighted by Crippen LogP contribution is -2.43. The minimum atomic E-state index is -0.853. The van der Waals surface area contributed by atoms with E-state index in [1.165, 1.54) is 0 Å². The Morgan fingerprint density at radius 3 is 1.32 bits per heavy atom. The van der Waals surface area contributed by atoms with Gasteiger partial charge in [0.1, 0.15) is 5.92 Å². The van der Waals surface area contributed by atoms with Gasteiger partial charge >= 0.3 is 0 Å². The van der Waals surface area contributed by atoms with E-state index in [1.54, 1.807) is 9.80 Å². The molecule has 3 rings (SSSR count). The summed E-state index contributed by atoms with van der Waals surface area (Å²) in [7, 11) is 0. The fourth-order valence-electron chi connectivity index (χ4n) is 3.70. The third-order valence-corrected chi connectivity index (χ3v) is 5.45. The number of carbonyl (C=O) groups is 2. The van der Waals surface area contributed by atoms with Crippen LogP contribution in [0.1, 0.15) is 36.5 Å². The number of rotatable bonds is 9. The molecule has 0 heterocycles. The molecule has 3 aromatic carbocycles. The van der Waals surface area contributed by atoms with E-state index >= 15 is 0 Å². The molecular weight excluding hydrogens is 384 g/mol. The first-order valence-corrected chi connectivity index (χ1v) is 10.8. The van der Waals surface area contributed by atoms with Crippen molar-refractivity contribution in [2.24, 2.45) is 0 Å². The molecule has 2 amide bonds. The van der Waals surface area contributed by atoms with Crippen LogP contribution in [0.4, 0.5) is 0 Å². The maximum Gasteiger partial charge on any atom is 0.239 e. The van der Waals surface area contributed by atoms with Gasteiger partial charge in [-0.25, -0.2) is 0 Å². The van der Waals surface area contributed by atoms with E-state index in [1.807, 2.05) is 105 Å². The van der Waals surface area contributed by atoms with Crippen LogP contribution in [-0.2, 0) is 22.7 Å². The quantitative estimate of drug-likeness (QED) is 0.469. The van der Waals surface area contributed by atoms with Gasteiger partial charge < -0.3 is 9.80 Å². The van der Waals surface area contributed by atoms with Crippen molar-refractivity contribution >= 4 is 11.8 Å². The van der Waals surface area contributed by atoms with Crippen molar-refractivity contribution in [2.45, 2.75) is 32.9 Å². The van der Waals surface area contributed by atoms with Gasteiger partial charge in [-0.2, -0.15) is 0 Å². The number of nitrogens with zero attached hydrogens (tertiary/aromatic N) is 2. The van der Waals surface area contributed by atoms with Crippen LogP contribution in [0.15, 0.2) is 91.0 Å². The lowest BCUT2D eigenvalue weighted by molar-refractivity contribution is -0.143. The minimum absolute atomic E-state index is 0.158. The van der Waals surface area contributed by atoms with Gasteiger partial charge in [0.15, 0.2) is 0 Å². The number of amides is 2. The van der Waals surface area contributed by atoms with Gasteiger partial charge in [-0.1, -0.05) is 91.0 Å². The molecule has 0 saturated heterocycles. The number of carbonyl (C=O) groups excluding carboxylic acids is 2. The molecule has 0 saturated carbocycles. The van der Waals surface area contributed by atoms with E-state index in [4.69, 9.17) is 0 Å². The summed E-state index contributed by atoms with van der Waals surface area (Å²) < 4.78 is 0. The summed E-state index contributed by atoms with van der Waals surface area (Å²) in [4.78, 5) is 30.9. The van der Waals surface area contributed by atoms with Gasteiger partial charge in [-0.3, -0.25) is 9.59 Å². The summed E-state index contributed by atoms with van der Waals surface area (Å²) in [6, 6.07) is 29.2. The van der Waals surface area contributed by atoms with Crippen LogP contribution in [0.2, 0.25) is 0 Å². The minimum Gasteiger partial charge on any atom is -0.338 e. The van der Waals surface area contributed by atoms with Gasteiger partial charge in [-0.05, 0) is 30.5 Å². The Bertz CT molecular complexity index is 897. The molecule has 3 aromatic rings. The highest BCUT2D eigenvalue weighted by Gasteiger charge is 2.34. The second-order valence-corrected chi connectivity index (χ2v) is 7.52. The second-order valence-electron chi connectivity index (χ2n) is 7.52. The molecule has 0 aliphatic rings. The topological polar surface area (TPSA) is 40.6 Å². The Kier molecular flexibility index (Phi) is 7.99. The third-order valence-electron chi connectivity index (χ3n) is 5.45. The van der Waals surface area contributed by atoms with Gasteiger partial charge in [0.25, 0.3) is 0 Å². The summed E-state index contributed by atoms with van der Waals surface area (Å²) >= 11 is 0. The zero-order chi connectivity index (χ0) is 22.1. The Morgan fingerprint density at radius 1 is 0.613 bits per heavy atom. The fraction of sp³-hybridized carbons (Fsp3) is 0.259. The summed E-state index contributed by atoms with van der Waals surface area (Å²) in [5, 5.41) is 0. The van der Waals surface area contributed by atoms with Crippen LogP contribution in [0, 0.1) is 0 Å². The van der Waals surface area contributed by atoms with Crippen molar-refractivity contribution < 1.29 is 9.59 Å². The van der Waals surface area contributed by atoms with E-state index in [-0.39, 0.29) is 11.8 Å². The van der Waals surface area contributed by atoms with Crippen LogP contribution in [0.25, 0.3) is 0 Å². The molecule has 160 valence electrons. The van der Waals surface area contributed by atoms with Crippen molar-refractivity contribution in [1.29, 1.82) is 0 Å². The molecule has 4 heteroatoms. The van der Waals surface area contributed by atoms with Crippen LogP contribution in [0.5, 0.6) is 0 Å². The molecule has 0 radical (unpaired) electrons. The molecule has 0 aliphatic carbocycles. The first-order valence-electron chi connectivity index (χ1n) is 10.8. The number of hydrogen-bond acceptors (Lipinski definition) is 2. The lowest BCUT2D eigenvalue weighted by Gasteiger charge is -2.30. The van der Waals surface area contributed by atoms with Crippen molar-refractivity contribution in [3.05, 3.63) is 108 Å². The Hall–Kier alpha value is -3.40. The molecule has 4 nitrogen and oxygen atoms in total. The molecule has 0 spiro atoms. The van der Waals surface area contributed by atoms with E-state index in [2.05, 4.69) is 0 Å². The van der Waals surface area contributed by atoms with Crippen molar-refractivity contribution in [3.8, 4) is 0 Å². The van der Waals surface area contributed by atoms with E-state index in [0.29, 0.717) is 26.2 Å². The molecule has 31 heavy (non-hydrogen) atoms. The number of benzene rings is 3. The van der Waals surface area contributed by atoms with Crippen LogP contribution in [-0.4, -0.2) is 34.7 Å². The van der Waals surface area contributed by atoms with Gasteiger partial charge in [0.05, 0.1) is 0 Å². The normalized spacial score (nSPS) is 10.7. The second kappa shape index (κ2) is 11.1.